The summed E-state index contributed by atoms with van der Waals surface area (Å²) in [5.74, 6) is 0.309. The Hall–Kier alpha value is -2.31. The summed E-state index contributed by atoms with van der Waals surface area (Å²) in [6.07, 6.45) is -0.109. The van der Waals surface area contributed by atoms with E-state index in [0.29, 0.717) is 19.1 Å². The number of benzene rings is 1. The van der Waals surface area contributed by atoms with Gasteiger partial charge in [0.05, 0.1) is 24.2 Å². The second-order valence-corrected chi connectivity index (χ2v) is 8.66. The fourth-order valence-corrected chi connectivity index (χ4v) is 4.22. The van der Waals surface area contributed by atoms with Crippen LogP contribution in [0.2, 0.25) is 0 Å². The molecule has 1 aromatic carbocycles. The highest BCUT2D eigenvalue weighted by Gasteiger charge is 2.65. The maximum atomic E-state index is 13.0. The maximum Gasteiger partial charge on any atom is 0.442 e. The lowest BCUT2D eigenvalue weighted by atomic mass is 10.0. The number of rotatable bonds is 7. The van der Waals surface area contributed by atoms with Crippen molar-refractivity contribution in [2.24, 2.45) is 10.2 Å². The van der Waals surface area contributed by atoms with Crippen molar-refractivity contribution in [1.29, 1.82) is 0 Å². The summed E-state index contributed by atoms with van der Waals surface area (Å²) in [6, 6.07) is 4.37. The van der Waals surface area contributed by atoms with Crippen molar-refractivity contribution < 1.29 is 26.3 Å². The van der Waals surface area contributed by atoms with Gasteiger partial charge in [-0.15, -0.1) is 10.2 Å². The molecule has 1 saturated heterocycles. The van der Waals surface area contributed by atoms with Crippen molar-refractivity contribution in [3.8, 4) is 0 Å². The first-order valence-electron chi connectivity index (χ1n) is 8.92. The molecule has 0 saturated carbocycles. The zero-order valence-corrected chi connectivity index (χ0v) is 15.9. The molecular formula is C17H18F3N5O3S. The van der Waals surface area contributed by atoms with Crippen LogP contribution in [0, 0.1) is 0 Å². The number of nitrogens with zero attached hydrogens (tertiary/aromatic N) is 4. The number of alkyl halides is 3. The van der Waals surface area contributed by atoms with E-state index in [1.165, 1.54) is 0 Å². The maximum absolute atomic E-state index is 13.0. The molecule has 29 heavy (non-hydrogen) atoms. The van der Waals surface area contributed by atoms with Crippen molar-refractivity contribution in [2.75, 3.05) is 19.8 Å². The summed E-state index contributed by atoms with van der Waals surface area (Å²) >= 11 is 0. The molecule has 3 heterocycles. The van der Waals surface area contributed by atoms with Gasteiger partial charge in [0.25, 0.3) is 0 Å². The van der Waals surface area contributed by atoms with Crippen LogP contribution in [0.3, 0.4) is 0 Å². The lowest BCUT2D eigenvalue weighted by Gasteiger charge is -2.15. The molecule has 4 rings (SSSR count). The Morgan fingerprint density at radius 3 is 2.55 bits per heavy atom. The minimum Gasteiger partial charge on any atom is -0.381 e. The molecule has 1 aromatic heterocycles. The van der Waals surface area contributed by atoms with Crippen LogP contribution in [0.5, 0.6) is 0 Å². The zero-order chi connectivity index (χ0) is 20.7. The minimum absolute atomic E-state index is 0.0868. The predicted octanol–water partition coefficient (Wildman–Crippen LogP) is 2.55. The average Bonchev–Trinajstić information content (AvgIpc) is 3.10. The molecule has 8 nitrogen and oxygen atoms in total. The van der Waals surface area contributed by atoms with E-state index in [-0.39, 0.29) is 17.0 Å². The van der Waals surface area contributed by atoms with E-state index in [0.717, 1.165) is 42.9 Å². The van der Waals surface area contributed by atoms with Gasteiger partial charge in [-0.05, 0) is 24.1 Å². The Labute approximate surface area is 164 Å². The average molecular weight is 429 g/mol. The van der Waals surface area contributed by atoms with Crippen LogP contribution in [0.4, 0.5) is 13.2 Å². The number of sulfonamides is 1. The first-order valence-corrected chi connectivity index (χ1v) is 10.4. The van der Waals surface area contributed by atoms with Gasteiger partial charge in [0.15, 0.2) is 0 Å². The zero-order valence-electron chi connectivity index (χ0n) is 15.1. The third-order valence-corrected chi connectivity index (χ3v) is 6.43. The molecule has 0 amide bonds. The van der Waals surface area contributed by atoms with Gasteiger partial charge in [-0.1, -0.05) is 12.1 Å². The van der Waals surface area contributed by atoms with Crippen molar-refractivity contribution in [3.05, 3.63) is 47.8 Å². The Morgan fingerprint density at radius 2 is 1.97 bits per heavy atom. The van der Waals surface area contributed by atoms with Crippen molar-refractivity contribution in [3.63, 3.8) is 0 Å². The Bertz CT molecular complexity index is 1010. The van der Waals surface area contributed by atoms with Crippen LogP contribution in [-0.2, 0) is 27.0 Å². The molecule has 1 N–H and O–H groups in total. The number of halogens is 3. The number of ether oxygens (including phenoxy) is 1. The summed E-state index contributed by atoms with van der Waals surface area (Å²) in [5, 5.41) is 10.4. The molecule has 2 aliphatic rings. The van der Waals surface area contributed by atoms with Gasteiger partial charge in [-0.2, -0.15) is 18.3 Å². The number of hydrogen-bond acceptors (Lipinski definition) is 6. The summed E-state index contributed by atoms with van der Waals surface area (Å²) < 4.78 is 73.2. The van der Waals surface area contributed by atoms with Crippen LogP contribution in [-0.4, -0.2) is 44.1 Å². The highest BCUT2D eigenvalue weighted by atomic mass is 32.2. The summed E-state index contributed by atoms with van der Waals surface area (Å²) in [7, 11) is -3.87. The van der Waals surface area contributed by atoms with Gasteiger partial charge in [0.2, 0.25) is 10.0 Å². The molecule has 0 spiro atoms. The fourth-order valence-electron chi connectivity index (χ4n) is 3.20. The van der Waals surface area contributed by atoms with Crippen LogP contribution in [0.25, 0.3) is 0 Å². The second kappa shape index (κ2) is 7.18. The standard InChI is InChI=1S/C17H18F3N5O3S/c18-17(19,20)16(23-24-16)14-1-3-15(4-2-14)29(26,27)22-6-7-25-10-13(9-21-25)12-5-8-28-11-12/h1-4,9-10,12,22H,5-8,11H2. The second-order valence-electron chi connectivity index (χ2n) is 6.89. The molecule has 0 bridgehead atoms. The molecule has 2 aliphatic heterocycles. The third-order valence-electron chi connectivity index (χ3n) is 4.95. The molecule has 12 heteroatoms. The van der Waals surface area contributed by atoms with Crippen LogP contribution < -0.4 is 4.72 Å². The van der Waals surface area contributed by atoms with E-state index < -0.39 is 21.9 Å². The van der Waals surface area contributed by atoms with E-state index in [2.05, 4.69) is 20.0 Å². The minimum atomic E-state index is -4.65. The van der Waals surface area contributed by atoms with E-state index >= 15 is 0 Å². The number of nitrogens with one attached hydrogen (secondary N) is 1. The summed E-state index contributed by atoms with van der Waals surface area (Å²) in [4.78, 5) is -0.136. The molecule has 156 valence electrons. The lowest BCUT2D eigenvalue weighted by molar-refractivity contribution is -0.166. The van der Waals surface area contributed by atoms with E-state index in [1.807, 2.05) is 6.20 Å². The van der Waals surface area contributed by atoms with Crippen molar-refractivity contribution >= 4 is 10.0 Å². The quantitative estimate of drug-likeness (QED) is 0.731. The molecule has 1 atom stereocenters. The van der Waals surface area contributed by atoms with Gasteiger partial charge in [0.1, 0.15) is 0 Å². The van der Waals surface area contributed by atoms with Crippen LogP contribution >= 0.6 is 0 Å². The third kappa shape index (κ3) is 3.91. The molecule has 2 aromatic rings. The summed E-state index contributed by atoms with van der Waals surface area (Å²) in [6.45, 7) is 1.79. The van der Waals surface area contributed by atoms with Gasteiger partial charge in [0, 0.05) is 30.8 Å². The van der Waals surface area contributed by atoms with Crippen molar-refractivity contribution in [1.82, 2.24) is 14.5 Å². The molecular weight excluding hydrogens is 411 g/mol. The molecule has 1 unspecified atom stereocenters. The lowest BCUT2D eigenvalue weighted by Crippen LogP contribution is -2.30. The normalized spacial score (nSPS) is 20.9. The van der Waals surface area contributed by atoms with Gasteiger partial charge in [-0.25, -0.2) is 13.1 Å². The first-order chi connectivity index (χ1) is 13.7. The first kappa shape index (κ1) is 20.0. The van der Waals surface area contributed by atoms with E-state index in [9.17, 15) is 21.6 Å². The summed E-state index contributed by atoms with van der Waals surface area (Å²) in [5.41, 5.74) is -1.73. The highest BCUT2D eigenvalue weighted by molar-refractivity contribution is 7.89. The van der Waals surface area contributed by atoms with Gasteiger partial charge in [-0.3, -0.25) is 4.68 Å². The van der Waals surface area contributed by atoms with Gasteiger partial charge >= 0.3 is 11.8 Å². The Morgan fingerprint density at radius 1 is 1.24 bits per heavy atom. The molecule has 0 aliphatic carbocycles. The monoisotopic (exact) mass is 429 g/mol. The number of hydrogen-bond donors (Lipinski definition) is 1. The van der Waals surface area contributed by atoms with Gasteiger partial charge < -0.3 is 4.74 Å². The topological polar surface area (TPSA) is 97.9 Å². The number of aromatic nitrogens is 2. The van der Waals surface area contributed by atoms with Crippen molar-refractivity contribution in [2.45, 2.75) is 35.6 Å². The van der Waals surface area contributed by atoms with E-state index in [1.54, 1.807) is 10.9 Å². The van der Waals surface area contributed by atoms with Crippen LogP contribution in [0.15, 0.2) is 51.8 Å². The van der Waals surface area contributed by atoms with Crippen LogP contribution in [0.1, 0.15) is 23.5 Å². The molecule has 0 radical (unpaired) electrons. The Kier molecular flexibility index (Phi) is 4.95. The molecule has 1 fully saturated rings. The fraction of sp³-hybridized carbons (Fsp3) is 0.471. The Balaban J connectivity index is 1.35. The SMILES string of the molecule is O=S(=O)(NCCn1cc(C2CCOC2)cn1)c1ccc(C2(C(F)(F)F)N=N2)cc1. The van der Waals surface area contributed by atoms with E-state index in [4.69, 9.17) is 4.74 Å². The predicted molar refractivity (Wildman–Crippen MR) is 94.6 cm³/mol. The smallest absolute Gasteiger partial charge is 0.381 e. The highest BCUT2D eigenvalue weighted by Crippen LogP contribution is 2.52. The largest absolute Gasteiger partial charge is 0.442 e.